The van der Waals surface area contributed by atoms with Crippen molar-refractivity contribution in [3.63, 3.8) is 0 Å². The Balaban J connectivity index is 0.000000179. The summed E-state index contributed by atoms with van der Waals surface area (Å²) in [5, 5.41) is 6.90. The monoisotopic (exact) mass is 1350 g/mol. The molecule has 5 N–H and O–H groups in total. The molecule has 4 amide bonds. The van der Waals surface area contributed by atoms with Crippen LogP contribution in [0.4, 0.5) is 42.9 Å². The Morgan fingerprint density at radius 1 is 0.573 bits per heavy atom. The van der Waals surface area contributed by atoms with Crippen molar-refractivity contribution >= 4 is 134 Å². The number of amides is 4. The molecule has 89 heavy (non-hydrogen) atoms. The van der Waals surface area contributed by atoms with Gasteiger partial charge in [0.15, 0.2) is 0 Å². The lowest BCUT2D eigenvalue weighted by atomic mass is 9.70. The molecule has 2 aliphatic carbocycles. The number of piperidine rings is 2. The summed E-state index contributed by atoms with van der Waals surface area (Å²) in [6.07, 6.45) is 7.40. The molecule has 2 spiro atoms. The standard InChI is InChI=1S/C31H29Cl2FN4O4S.C30H27Cl2FN4O2.CH3ClO2S.2CH4/c1-43(41,42)36-19-8-10-20(11-9-19)37-14-13-25-26(29(37)39)27(21-3-2-4-23(33)28(21)34)31(38(25)16-17-5-6-17)22-12-7-18(32)15-24(22)35-30(31)40;31-17-6-11-21-23(14-17)35-29(39)30(21)26(20-2-1-3-22(32)27(20)33)25-24(37(30)15-16-4-5-16)12-13-36(28(25)38)19-9-7-18(34)8-10-19;1-5(2,3)4;;/h2-4,7-12,15,17,25-27,36H,5-6,13-14,16H2,1H3,(H,35,40);1-3,6-11,14,16,24-26H,4-5,12-13,15,34H2,(H,35,39);1H3;2*1H4/t25-,26+,27-,31+;24-,25+,26-,30+;;;/m00.../s1. The smallest absolute Gasteiger partial charge is 0.250 e. The van der Waals surface area contributed by atoms with Gasteiger partial charge in [0.05, 0.1) is 34.4 Å². The van der Waals surface area contributed by atoms with Gasteiger partial charge in [0.1, 0.15) is 22.7 Å². The van der Waals surface area contributed by atoms with Gasteiger partial charge in [0, 0.05) is 116 Å². The van der Waals surface area contributed by atoms with E-state index >= 15 is 8.78 Å². The highest BCUT2D eigenvalue weighted by molar-refractivity contribution is 8.13. The van der Waals surface area contributed by atoms with E-state index in [0.29, 0.717) is 94.9 Å². The summed E-state index contributed by atoms with van der Waals surface area (Å²) in [5.74, 6) is -4.45. The first-order valence-electron chi connectivity index (χ1n) is 28.4. The molecule has 4 saturated heterocycles. The zero-order valence-electron chi connectivity index (χ0n) is 46.8. The van der Waals surface area contributed by atoms with Crippen molar-refractivity contribution in [2.24, 2.45) is 23.7 Å². The second-order valence-electron chi connectivity index (χ2n) is 23.7. The van der Waals surface area contributed by atoms with Crippen molar-refractivity contribution in [1.82, 2.24) is 9.80 Å². The fourth-order valence-electron chi connectivity index (χ4n) is 14.6. The number of nitrogen functional groups attached to an aromatic ring is 1. The summed E-state index contributed by atoms with van der Waals surface area (Å²) >= 11 is 25.3. The fourth-order valence-corrected chi connectivity index (χ4v) is 15.8. The number of anilines is 6. The number of nitrogens with zero attached hydrogens (tertiary/aromatic N) is 4. The summed E-state index contributed by atoms with van der Waals surface area (Å²) in [5.41, 5.74) is 8.64. The minimum absolute atomic E-state index is 0. The molecule has 6 fully saturated rings. The van der Waals surface area contributed by atoms with Crippen molar-refractivity contribution in [3.05, 3.63) is 175 Å². The van der Waals surface area contributed by atoms with E-state index in [2.05, 4.69) is 35.8 Å². The van der Waals surface area contributed by atoms with E-state index in [1.54, 1.807) is 94.7 Å². The Morgan fingerprint density at radius 3 is 1.33 bits per heavy atom. The number of halogens is 7. The topological polar surface area (TPSA) is 212 Å². The van der Waals surface area contributed by atoms with Crippen LogP contribution in [0.3, 0.4) is 0 Å². The van der Waals surface area contributed by atoms with Crippen LogP contribution in [-0.4, -0.2) is 101 Å². The Bertz CT molecular complexity index is 4030. The SMILES string of the molecule is C.C.CS(=O)(=O)Cl.CS(=O)(=O)Nc1ccc(N2CC[C@H]3[C@@H](C2=O)[C@H](c2cccc(Cl)c2F)[C@]2(C(=O)Nc4cc(Cl)ccc42)N3CC2CC2)cc1.Nc1ccc(N2CC[C@H]3[C@@H](C2=O)[C@H](c2cccc(Cl)c2F)[C@]2(C(=O)Nc4cc(Cl)ccc42)N3CC2CC2)cc1. The normalized spacial score (nSPS) is 25.9. The lowest BCUT2D eigenvalue weighted by molar-refractivity contribution is -0.128. The molecule has 2 saturated carbocycles. The van der Waals surface area contributed by atoms with Crippen LogP contribution in [-0.2, 0) is 49.3 Å². The minimum Gasteiger partial charge on any atom is -0.399 e. The average molecular weight is 1360 g/mol. The first kappa shape index (κ1) is 65.9. The molecule has 0 aromatic heterocycles. The van der Waals surface area contributed by atoms with Crippen molar-refractivity contribution in [1.29, 1.82) is 0 Å². The Morgan fingerprint density at radius 2 is 0.955 bits per heavy atom. The van der Waals surface area contributed by atoms with Crippen molar-refractivity contribution in [2.45, 2.75) is 88.4 Å². The zero-order valence-corrected chi connectivity index (χ0v) is 52.2. The van der Waals surface area contributed by atoms with Crippen molar-refractivity contribution in [3.8, 4) is 0 Å². The van der Waals surface area contributed by atoms with Gasteiger partial charge in [-0.25, -0.2) is 25.6 Å². The molecule has 8 aliphatic rings. The fraction of sp³-hybridized carbons (Fsp3) is 0.375. The van der Waals surface area contributed by atoms with Gasteiger partial charge < -0.3 is 26.2 Å². The largest absolute Gasteiger partial charge is 0.399 e. The molecular formula is C64H67Cl5F2N8O8S2. The number of benzene rings is 6. The van der Waals surface area contributed by atoms with E-state index in [9.17, 15) is 36.0 Å². The number of hydrogen-bond acceptors (Lipinski definition) is 11. The van der Waals surface area contributed by atoms with E-state index in [1.165, 1.54) is 12.1 Å². The third-order valence-corrected chi connectivity index (χ3v) is 19.8. The number of sulfonamides is 1. The molecule has 472 valence electrons. The van der Waals surface area contributed by atoms with Crippen LogP contribution in [0.2, 0.25) is 20.1 Å². The molecule has 6 heterocycles. The number of likely N-dealkylation sites (tertiary alicyclic amines) is 2. The van der Waals surface area contributed by atoms with Gasteiger partial charge in [-0.05, 0) is 146 Å². The number of rotatable bonds is 10. The molecule has 0 radical (unpaired) electrons. The maximum atomic E-state index is 16.1. The number of fused-ring (bicyclic) bond motifs is 6. The van der Waals surface area contributed by atoms with Crippen LogP contribution < -0.4 is 30.9 Å². The molecule has 25 heteroatoms. The van der Waals surface area contributed by atoms with Crippen molar-refractivity contribution in [2.75, 3.05) is 69.6 Å². The van der Waals surface area contributed by atoms with Gasteiger partial charge in [0.2, 0.25) is 42.7 Å². The summed E-state index contributed by atoms with van der Waals surface area (Å²) in [4.78, 5) is 65.6. The average Bonchev–Trinajstić information content (AvgIpc) is 1.53. The maximum absolute atomic E-state index is 16.1. The van der Waals surface area contributed by atoms with Gasteiger partial charge >= 0.3 is 0 Å². The first-order chi connectivity index (χ1) is 41.3. The molecule has 16 nitrogen and oxygen atoms in total. The number of carbonyl (C=O) groups excluding carboxylic acids is 4. The predicted octanol–water partition coefficient (Wildman–Crippen LogP) is 12.8. The summed E-state index contributed by atoms with van der Waals surface area (Å²) < 4.78 is 76.6. The van der Waals surface area contributed by atoms with Gasteiger partial charge in [-0.15, -0.1) is 0 Å². The van der Waals surface area contributed by atoms with E-state index in [1.807, 2.05) is 24.3 Å². The molecule has 6 aromatic rings. The van der Waals surface area contributed by atoms with Crippen LogP contribution in [0, 0.1) is 35.3 Å². The molecule has 0 bridgehead atoms. The van der Waals surface area contributed by atoms with Crippen LogP contribution in [0.15, 0.2) is 121 Å². The van der Waals surface area contributed by atoms with Crippen LogP contribution in [0.25, 0.3) is 0 Å². The molecule has 14 rings (SSSR count). The summed E-state index contributed by atoms with van der Waals surface area (Å²) in [7, 11) is -2.16. The summed E-state index contributed by atoms with van der Waals surface area (Å²) in [6, 6.07) is 33.4. The first-order valence-corrected chi connectivity index (χ1v) is 34.5. The van der Waals surface area contributed by atoms with E-state index in [-0.39, 0.29) is 71.7 Å². The van der Waals surface area contributed by atoms with Gasteiger partial charge in [-0.2, -0.15) is 0 Å². The Kier molecular flexibility index (Phi) is 18.4. The van der Waals surface area contributed by atoms with E-state index in [0.717, 1.165) is 49.4 Å². The highest BCUT2D eigenvalue weighted by Crippen LogP contribution is 2.64. The number of hydrogen-bond donors (Lipinski definition) is 4. The molecule has 6 aliphatic heterocycles. The Labute approximate surface area is 541 Å². The number of nitrogens with two attached hydrogens (primary N) is 1. The highest BCUT2D eigenvalue weighted by atomic mass is 35.7. The van der Waals surface area contributed by atoms with E-state index in [4.69, 9.17) is 52.1 Å². The van der Waals surface area contributed by atoms with Gasteiger partial charge in [0.25, 0.3) is 0 Å². The third-order valence-electron chi connectivity index (χ3n) is 18.2. The Hall–Kier alpha value is -6.07. The highest BCUT2D eigenvalue weighted by Gasteiger charge is 2.72. The van der Waals surface area contributed by atoms with Gasteiger partial charge in [-0.1, -0.05) is 97.7 Å². The molecule has 8 atom stereocenters. The second kappa shape index (κ2) is 24.9. The maximum Gasteiger partial charge on any atom is 0.250 e. The van der Waals surface area contributed by atoms with Crippen LogP contribution >= 0.6 is 57.1 Å². The predicted molar refractivity (Wildman–Crippen MR) is 349 cm³/mol. The minimum atomic E-state index is -3.47. The molecule has 6 aromatic carbocycles. The zero-order chi connectivity index (χ0) is 61.8. The number of carbonyl (C=O) groups is 4. The van der Waals surface area contributed by atoms with Crippen LogP contribution in [0.1, 0.15) is 87.5 Å². The second-order valence-corrected chi connectivity index (χ2v) is 30.2. The third kappa shape index (κ3) is 12.0. The number of nitrogens with one attached hydrogen (secondary N) is 3. The quantitative estimate of drug-likeness (QED) is 0.0748. The lowest BCUT2D eigenvalue weighted by Gasteiger charge is -2.40. The van der Waals surface area contributed by atoms with Crippen molar-refractivity contribution < 1.29 is 44.8 Å². The lowest BCUT2D eigenvalue weighted by Crippen LogP contribution is -2.54. The molecule has 0 unspecified atom stereocenters. The molecular weight excluding hydrogens is 1290 g/mol. The van der Waals surface area contributed by atoms with E-state index < -0.39 is 65.5 Å². The van der Waals surface area contributed by atoms with Crippen LogP contribution in [0.5, 0.6) is 0 Å². The van der Waals surface area contributed by atoms with Gasteiger partial charge in [-0.3, -0.25) is 33.7 Å². The summed E-state index contributed by atoms with van der Waals surface area (Å²) in [6.45, 7) is 2.13.